The molecule has 0 spiro atoms. The van der Waals surface area contributed by atoms with Crippen LogP contribution in [0.1, 0.15) is 31.2 Å². The van der Waals surface area contributed by atoms with Crippen LogP contribution >= 0.6 is 0 Å². The molecule has 1 saturated carbocycles. The van der Waals surface area contributed by atoms with Crippen molar-refractivity contribution < 1.29 is 0 Å². The molecule has 0 radical (unpaired) electrons. The Morgan fingerprint density at radius 1 is 1.25 bits per heavy atom. The fourth-order valence-electron chi connectivity index (χ4n) is 2.96. The molecule has 1 saturated heterocycles. The summed E-state index contributed by atoms with van der Waals surface area (Å²) in [5, 5.41) is 0. The second-order valence-electron chi connectivity index (χ2n) is 5.35. The van der Waals surface area contributed by atoms with Crippen LogP contribution in [0.25, 0.3) is 0 Å². The zero-order chi connectivity index (χ0) is 11.0. The Bertz CT molecular complexity index is 356. The largest absolute Gasteiger partial charge is 0.324 e. The molecule has 1 atom stereocenters. The highest BCUT2D eigenvalue weighted by Crippen LogP contribution is 2.42. The lowest BCUT2D eigenvalue weighted by Crippen LogP contribution is -2.45. The summed E-state index contributed by atoms with van der Waals surface area (Å²) >= 11 is 0. The summed E-state index contributed by atoms with van der Waals surface area (Å²) in [4.78, 5) is 2.59. The van der Waals surface area contributed by atoms with Gasteiger partial charge in [-0.25, -0.2) is 0 Å². The van der Waals surface area contributed by atoms with Gasteiger partial charge < -0.3 is 5.73 Å². The monoisotopic (exact) mass is 216 g/mol. The highest BCUT2D eigenvalue weighted by atomic mass is 15.2. The average molecular weight is 216 g/mol. The zero-order valence-corrected chi connectivity index (χ0v) is 9.73. The van der Waals surface area contributed by atoms with E-state index in [0.29, 0.717) is 6.04 Å². The number of benzene rings is 1. The third-order valence-corrected chi connectivity index (χ3v) is 4.08. The normalized spacial score (nSPS) is 28.2. The van der Waals surface area contributed by atoms with Crippen LogP contribution in [0.15, 0.2) is 30.3 Å². The smallest absolute Gasteiger partial charge is 0.0313 e. The molecule has 1 heterocycles. The van der Waals surface area contributed by atoms with Crippen LogP contribution in [0.2, 0.25) is 0 Å². The molecule has 0 amide bonds. The standard InChI is InChI=1S/C14H20N2/c15-14(8-9-14)13-7-4-10-16(13)11-12-5-2-1-3-6-12/h1-3,5-6,13H,4,7-11,15H2/t13-/m0/s1. The van der Waals surface area contributed by atoms with E-state index in [1.54, 1.807) is 0 Å². The molecule has 0 unspecified atom stereocenters. The lowest BCUT2D eigenvalue weighted by atomic mass is 10.0. The van der Waals surface area contributed by atoms with Crippen LogP contribution < -0.4 is 5.73 Å². The van der Waals surface area contributed by atoms with E-state index in [9.17, 15) is 0 Å². The second-order valence-corrected chi connectivity index (χ2v) is 5.35. The maximum Gasteiger partial charge on any atom is 0.0313 e. The summed E-state index contributed by atoms with van der Waals surface area (Å²) in [5.74, 6) is 0. The Kier molecular flexibility index (Phi) is 2.49. The number of likely N-dealkylation sites (tertiary alicyclic amines) is 1. The molecule has 2 N–H and O–H groups in total. The SMILES string of the molecule is NC1([C@@H]2CCCN2Cc2ccccc2)CC1. The van der Waals surface area contributed by atoms with E-state index < -0.39 is 0 Å². The van der Waals surface area contributed by atoms with E-state index in [4.69, 9.17) is 5.73 Å². The Morgan fingerprint density at radius 3 is 2.69 bits per heavy atom. The molecule has 2 aliphatic rings. The Balaban J connectivity index is 1.70. The molecular weight excluding hydrogens is 196 g/mol. The minimum absolute atomic E-state index is 0.158. The summed E-state index contributed by atoms with van der Waals surface area (Å²) < 4.78 is 0. The minimum atomic E-state index is 0.158. The van der Waals surface area contributed by atoms with Crippen LogP contribution in [0.4, 0.5) is 0 Å². The van der Waals surface area contributed by atoms with Crippen LogP contribution in [-0.4, -0.2) is 23.0 Å². The lowest BCUT2D eigenvalue weighted by molar-refractivity contribution is 0.207. The van der Waals surface area contributed by atoms with Crippen molar-refractivity contribution in [3.8, 4) is 0 Å². The maximum absolute atomic E-state index is 6.35. The first-order valence-electron chi connectivity index (χ1n) is 6.35. The van der Waals surface area contributed by atoms with Crippen molar-refractivity contribution in [2.75, 3.05) is 6.54 Å². The number of hydrogen-bond acceptors (Lipinski definition) is 2. The van der Waals surface area contributed by atoms with Crippen molar-refractivity contribution in [2.45, 2.75) is 43.8 Å². The molecule has 0 aromatic heterocycles. The highest BCUT2D eigenvalue weighted by Gasteiger charge is 2.49. The average Bonchev–Trinajstić information content (AvgIpc) is 2.88. The first kappa shape index (κ1) is 10.3. The molecule has 86 valence electrons. The van der Waals surface area contributed by atoms with Gasteiger partial charge in [-0.3, -0.25) is 4.90 Å². The van der Waals surface area contributed by atoms with Crippen molar-refractivity contribution in [3.05, 3.63) is 35.9 Å². The third-order valence-electron chi connectivity index (χ3n) is 4.08. The number of nitrogens with two attached hydrogens (primary N) is 1. The predicted octanol–water partition coefficient (Wildman–Crippen LogP) is 2.14. The van der Waals surface area contributed by atoms with E-state index in [2.05, 4.69) is 35.2 Å². The first-order valence-corrected chi connectivity index (χ1v) is 6.35. The number of rotatable bonds is 3. The summed E-state index contributed by atoms with van der Waals surface area (Å²) in [6.07, 6.45) is 5.06. The van der Waals surface area contributed by atoms with E-state index in [1.807, 2.05) is 0 Å². The molecule has 2 nitrogen and oxygen atoms in total. The summed E-state index contributed by atoms with van der Waals surface area (Å²) in [6, 6.07) is 11.4. The topological polar surface area (TPSA) is 29.3 Å². The van der Waals surface area contributed by atoms with E-state index >= 15 is 0 Å². The molecule has 1 aromatic carbocycles. The number of hydrogen-bond donors (Lipinski definition) is 1. The van der Waals surface area contributed by atoms with Crippen molar-refractivity contribution in [3.63, 3.8) is 0 Å². The summed E-state index contributed by atoms with van der Waals surface area (Å²) in [6.45, 7) is 2.29. The molecule has 1 aliphatic carbocycles. The quantitative estimate of drug-likeness (QED) is 0.838. The van der Waals surface area contributed by atoms with Gasteiger partial charge in [0.2, 0.25) is 0 Å². The van der Waals surface area contributed by atoms with Gasteiger partial charge >= 0.3 is 0 Å². The predicted molar refractivity (Wildman–Crippen MR) is 66.0 cm³/mol. The van der Waals surface area contributed by atoms with E-state index in [-0.39, 0.29) is 5.54 Å². The first-order chi connectivity index (χ1) is 7.78. The van der Waals surface area contributed by atoms with Gasteiger partial charge in [0.15, 0.2) is 0 Å². The second kappa shape index (κ2) is 3.86. The molecule has 1 aliphatic heterocycles. The van der Waals surface area contributed by atoms with E-state index in [1.165, 1.54) is 37.8 Å². The lowest BCUT2D eigenvalue weighted by Gasteiger charge is -2.29. The zero-order valence-electron chi connectivity index (χ0n) is 9.73. The Labute approximate surface area is 97.4 Å². The molecule has 2 fully saturated rings. The number of nitrogens with zero attached hydrogens (tertiary/aromatic N) is 1. The molecule has 16 heavy (non-hydrogen) atoms. The van der Waals surface area contributed by atoms with Gasteiger partial charge in [-0.15, -0.1) is 0 Å². The Morgan fingerprint density at radius 2 is 2.00 bits per heavy atom. The fraction of sp³-hybridized carbons (Fsp3) is 0.571. The highest BCUT2D eigenvalue weighted by molar-refractivity contribution is 5.17. The van der Waals surface area contributed by atoms with Crippen molar-refractivity contribution >= 4 is 0 Å². The van der Waals surface area contributed by atoms with Gasteiger partial charge in [-0.1, -0.05) is 30.3 Å². The van der Waals surface area contributed by atoms with Gasteiger partial charge in [0, 0.05) is 18.1 Å². The van der Waals surface area contributed by atoms with Gasteiger partial charge in [0.1, 0.15) is 0 Å². The van der Waals surface area contributed by atoms with Gasteiger partial charge in [0.05, 0.1) is 0 Å². The van der Waals surface area contributed by atoms with Crippen LogP contribution in [0.3, 0.4) is 0 Å². The van der Waals surface area contributed by atoms with Crippen molar-refractivity contribution in [1.29, 1.82) is 0 Å². The van der Waals surface area contributed by atoms with Crippen molar-refractivity contribution in [1.82, 2.24) is 4.90 Å². The fourth-order valence-corrected chi connectivity index (χ4v) is 2.96. The molecule has 3 rings (SSSR count). The van der Waals surface area contributed by atoms with Gasteiger partial charge in [-0.2, -0.15) is 0 Å². The maximum atomic E-state index is 6.35. The van der Waals surface area contributed by atoms with Crippen LogP contribution in [0.5, 0.6) is 0 Å². The molecular formula is C14H20N2. The van der Waals surface area contributed by atoms with E-state index in [0.717, 1.165) is 6.54 Å². The van der Waals surface area contributed by atoms with Gasteiger partial charge in [0.25, 0.3) is 0 Å². The molecule has 2 heteroatoms. The molecule has 1 aromatic rings. The van der Waals surface area contributed by atoms with Crippen molar-refractivity contribution in [2.24, 2.45) is 5.73 Å². The summed E-state index contributed by atoms with van der Waals surface area (Å²) in [7, 11) is 0. The van der Waals surface area contributed by atoms with Gasteiger partial charge in [-0.05, 0) is 37.8 Å². The third kappa shape index (κ3) is 1.87. The van der Waals surface area contributed by atoms with Crippen LogP contribution in [0, 0.1) is 0 Å². The summed E-state index contributed by atoms with van der Waals surface area (Å²) in [5.41, 5.74) is 7.93. The minimum Gasteiger partial charge on any atom is -0.324 e. The molecule has 0 bridgehead atoms. The van der Waals surface area contributed by atoms with Crippen LogP contribution in [-0.2, 0) is 6.54 Å². The Hall–Kier alpha value is -0.860.